The Morgan fingerprint density at radius 3 is 2.24 bits per heavy atom. The van der Waals surface area contributed by atoms with Crippen molar-refractivity contribution in [2.75, 3.05) is 44.6 Å². The second-order valence-corrected chi connectivity index (χ2v) is 9.58. The quantitative estimate of drug-likeness (QED) is 0.547. The van der Waals surface area contributed by atoms with Crippen LogP contribution in [0.2, 0.25) is 0 Å². The molecule has 0 radical (unpaired) electrons. The van der Waals surface area contributed by atoms with E-state index >= 15 is 0 Å². The Morgan fingerprint density at radius 2 is 1.53 bits per heavy atom. The fourth-order valence-electron chi connectivity index (χ4n) is 5.16. The van der Waals surface area contributed by atoms with Gasteiger partial charge in [0.05, 0.1) is 17.9 Å². The number of hydrogen-bond acceptors (Lipinski definition) is 4. The number of aromatic nitrogens is 2. The maximum Gasteiger partial charge on any atom is 0.239 e. The minimum atomic E-state index is 0.0350. The topological polar surface area (TPSA) is 53.4 Å². The van der Waals surface area contributed by atoms with Crippen LogP contribution in [0.1, 0.15) is 42.9 Å². The molecule has 178 valence electrons. The molecule has 0 atom stereocenters. The first kappa shape index (κ1) is 22.8. The fraction of sp³-hybridized carbons (Fsp3) is 0.429. The van der Waals surface area contributed by atoms with E-state index in [0.717, 1.165) is 56.3 Å². The largest absolute Gasteiger partial charge is 0.309 e. The molecule has 1 saturated carbocycles. The normalized spacial score (nSPS) is 17.8. The summed E-state index contributed by atoms with van der Waals surface area (Å²) in [6, 6.07) is 22.8. The average molecular weight is 458 g/mol. The molecule has 0 spiro atoms. The standard InChI is InChI=1S/C28H35N5O/c34-28(22-32-19-17-31(18-20-32)16-15-23-9-3-1-4-10-23)29-27-21-26(24-11-7-8-12-24)30-33(27)25-13-5-2-6-14-25/h1-6,9-10,13-14,21,24H,7-8,11-12,15-20,22H2,(H,29,34). The number of anilines is 1. The van der Waals surface area contributed by atoms with Crippen LogP contribution in [0.5, 0.6) is 0 Å². The van der Waals surface area contributed by atoms with E-state index in [-0.39, 0.29) is 5.91 Å². The van der Waals surface area contributed by atoms with Crippen molar-refractivity contribution in [1.82, 2.24) is 19.6 Å². The Labute approximate surface area is 202 Å². The maximum absolute atomic E-state index is 13.0. The van der Waals surface area contributed by atoms with E-state index in [1.165, 1.54) is 31.2 Å². The van der Waals surface area contributed by atoms with Gasteiger partial charge < -0.3 is 10.2 Å². The zero-order valence-electron chi connectivity index (χ0n) is 19.9. The molecule has 5 rings (SSSR count). The van der Waals surface area contributed by atoms with Crippen LogP contribution >= 0.6 is 0 Å². The number of nitrogens with one attached hydrogen (secondary N) is 1. The number of piperazine rings is 1. The van der Waals surface area contributed by atoms with E-state index in [1.807, 2.05) is 35.0 Å². The predicted molar refractivity (Wildman–Crippen MR) is 136 cm³/mol. The van der Waals surface area contributed by atoms with Crippen LogP contribution in [-0.4, -0.2) is 64.8 Å². The molecule has 1 saturated heterocycles. The molecule has 1 N–H and O–H groups in total. The van der Waals surface area contributed by atoms with E-state index in [2.05, 4.69) is 51.5 Å². The Balaban J connectivity index is 1.16. The molecular weight excluding hydrogens is 422 g/mol. The molecule has 1 aliphatic heterocycles. The lowest BCUT2D eigenvalue weighted by Crippen LogP contribution is -2.49. The third-order valence-corrected chi connectivity index (χ3v) is 7.16. The zero-order chi connectivity index (χ0) is 23.2. The molecular formula is C28H35N5O. The van der Waals surface area contributed by atoms with Crippen molar-refractivity contribution >= 4 is 11.7 Å². The monoisotopic (exact) mass is 457 g/mol. The van der Waals surface area contributed by atoms with Gasteiger partial charge in [0.15, 0.2) is 0 Å². The van der Waals surface area contributed by atoms with Crippen LogP contribution in [0, 0.1) is 0 Å². The highest BCUT2D eigenvalue weighted by molar-refractivity contribution is 5.91. The van der Waals surface area contributed by atoms with Crippen molar-refractivity contribution in [3.63, 3.8) is 0 Å². The molecule has 34 heavy (non-hydrogen) atoms. The molecule has 1 aliphatic carbocycles. The van der Waals surface area contributed by atoms with Gasteiger partial charge in [-0.25, -0.2) is 4.68 Å². The lowest BCUT2D eigenvalue weighted by atomic mass is 10.0. The highest BCUT2D eigenvalue weighted by Crippen LogP contribution is 2.35. The molecule has 6 nitrogen and oxygen atoms in total. The van der Waals surface area contributed by atoms with Gasteiger partial charge in [-0.3, -0.25) is 9.69 Å². The molecule has 0 bridgehead atoms. The number of carbonyl (C=O) groups is 1. The van der Waals surface area contributed by atoms with Gasteiger partial charge in [0.25, 0.3) is 0 Å². The predicted octanol–water partition coefficient (Wildman–Crippen LogP) is 4.33. The summed E-state index contributed by atoms with van der Waals surface area (Å²) in [7, 11) is 0. The van der Waals surface area contributed by atoms with Crippen LogP contribution in [0.4, 0.5) is 5.82 Å². The Morgan fingerprint density at radius 1 is 0.882 bits per heavy atom. The summed E-state index contributed by atoms with van der Waals surface area (Å²) in [4.78, 5) is 17.7. The summed E-state index contributed by atoms with van der Waals surface area (Å²) >= 11 is 0. The van der Waals surface area contributed by atoms with Crippen LogP contribution in [0.25, 0.3) is 5.69 Å². The van der Waals surface area contributed by atoms with E-state index in [1.54, 1.807) is 0 Å². The Hall–Kier alpha value is -2.96. The summed E-state index contributed by atoms with van der Waals surface area (Å²) in [5.41, 5.74) is 3.47. The third-order valence-electron chi connectivity index (χ3n) is 7.16. The minimum Gasteiger partial charge on any atom is -0.309 e. The number of benzene rings is 2. The molecule has 2 fully saturated rings. The summed E-state index contributed by atoms with van der Waals surface area (Å²) in [5.74, 6) is 1.32. The van der Waals surface area contributed by atoms with Gasteiger partial charge in [-0.05, 0) is 37.0 Å². The number of carbonyl (C=O) groups excluding carboxylic acids is 1. The average Bonchev–Trinajstić information content (AvgIpc) is 3.55. The molecule has 6 heteroatoms. The molecule has 2 aliphatic rings. The lowest BCUT2D eigenvalue weighted by molar-refractivity contribution is -0.117. The van der Waals surface area contributed by atoms with Crippen LogP contribution in [0.3, 0.4) is 0 Å². The van der Waals surface area contributed by atoms with Crippen molar-refractivity contribution in [2.24, 2.45) is 0 Å². The summed E-state index contributed by atoms with van der Waals surface area (Å²) in [6.07, 6.45) is 5.99. The van der Waals surface area contributed by atoms with Gasteiger partial charge in [0, 0.05) is 44.7 Å². The number of rotatable bonds is 8. The first-order valence-corrected chi connectivity index (χ1v) is 12.7. The van der Waals surface area contributed by atoms with Crippen molar-refractivity contribution in [3.8, 4) is 5.69 Å². The van der Waals surface area contributed by atoms with Crippen molar-refractivity contribution in [3.05, 3.63) is 78.0 Å². The smallest absolute Gasteiger partial charge is 0.239 e. The third kappa shape index (κ3) is 5.75. The minimum absolute atomic E-state index is 0.0350. The molecule has 0 unspecified atom stereocenters. The first-order chi connectivity index (χ1) is 16.7. The number of para-hydroxylation sites is 1. The van der Waals surface area contributed by atoms with Crippen LogP contribution in [-0.2, 0) is 11.2 Å². The first-order valence-electron chi connectivity index (χ1n) is 12.7. The molecule has 2 heterocycles. The van der Waals surface area contributed by atoms with Gasteiger partial charge >= 0.3 is 0 Å². The second kappa shape index (κ2) is 11.0. The maximum atomic E-state index is 13.0. The summed E-state index contributed by atoms with van der Waals surface area (Å²) in [6.45, 7) is 5.36. The summed E-state index contributed by atoms with van der Waals surface area (Å²) < 4.78 is 1.90. The lowest BCUT2D eigenvalue weighted by Gasteiger charge is -2.34. The van der Waals surface area contributed by atoms with E-state index < -0.39 is 0 Å². The SMILES string of the molecule is O=C(CN1CCN(CCc2ccccc2)CC1)Nc1cc(C2CCCC2)nn1-c1ccccc1. The Bertz CT molecular complexity index is 1050. The fourth-order valence-corrected chi connectivity index (χ4v) is 5.16. The zero-order valence-corrected chi connectivity index (χ0v) is 19.9. The van der Waals surface area contributed by atoms with Gasteiger partial charge in [0.1, 0.15) is 5.82 Å². The Kier molecular flexibility index (Phi) is 7.37. The van der Waals surface area contributed by atoms with Gasteiger partial charge in [-0.1, -0.05) is 61.4 Å². The number of hydrogen-bond donors (Lipinski definition) is 1. The number of nitrogens with zero attached hydrogens (tertiary/aromatic N) is 4. The molecule has 1 amide bonds. The molecule has 1 aromatic heterocycles. The second-order valence-electron chi connectivity index (χ2n) is 9.58. The highest BCUT2D eigenvalue weighted by Gasteiger charge is 2.24. The van der Waals surface area contributed by atoms with Crippen LogP contribution in [0.15, 0.2) is 66.7 Å². The molecule has 2 aromatic carbocycles. The van der Waals surface area contributed by atoms with Crippen LogP contribution < -0.4 is 5.32 Å². The van der Waals surface area contributed by atoms with Crippen molar-refractivity contribution < 1.29 is 4.79 Å². The van der Waals surface area contributed by atoms with Gasteiger partial charge in [0.2, 0.25) is 5.91 Å². The van der Waals surface area contributed by atoms with E-state index in [9.17, 15) is 4.79 Å². The summed E-state index contributed by atoms with van der Waals surface area (Å²) in [5, 5.41) is 8.06. The van der Waals surface area contributed by atoms with Gasteiger partial charge in [-0.15, -0.1) is 0 Å². The number of amides is 1. The van der Waals surface area contributed by atoms with E-state index in [0.29, 0.717) is 12.5 Å². The van der Waals surface area contributed by atoms with E-state index in [4.69, 9.17) is 5.10 Å². The van der Waals surface area contributed by atoms with Crippen molar-refractivity contribution in [2.45, 2.75) is 38.0 Å². The molecule has 3 aromatic rings. The highest BCUT2D eigenvalue weighted by atomic mass is 16.2. The van der Waals surface area contributed by atoms with Gasteiger partial charge in [-0.2, -0.15) is 5.10 Å². The van der Waals surface area contributed by atoms with Crippen molar-refractivity contribution in [1.29, 1.82) is 0 Å².